The fourth-order valence-corrected chi connectivity index (χ4v) is 7.24. The lowest BCUT2D eigenvalue weighted by Crippen LogP contribution is -2.24. The molecule has 0 saturated carbocycles. The van der Waals surface area contributed by atoms with Crippen LogP contribution in [0, 0.1) is 0 Å². The normalized spacial score (nSPS) is 14.5. The Bertz CT molecular complexity index is 1760. The quantitative estimate of drug-likeness (QED) is 0.261. The Hall–Kier alpha value is -2.16. The minimum absolute atomic E-state index is 0.211. The highest BCUT2D eigenvalue weighted by molar-refractivity contribution is 7.19. The van der Waals surface area contributed by atoms with E-state index in [1.807, 2.05) is 0 Å². The van der Waals surface area contributed by atoms with Crippen molar-refractivity contribution < 1.29 is 4.42 Å². The number of rotatable bonds is 2. The number of hydrogen-bond donors (Lipinski definition) is 0. The van der Waals surface area contributed by atoms with Crippen LogP contribution in [0.4, 0.5) is 0 Å². The van der Waals surface area contributed by atoms with E-state index < -0.39 is 0 Å². The van der Waals surface area contributed by atoms with Gasteiger partial charge in [0.05, 0.1) is 20.5 Å². The Labute approximate surface area is 209 Å². The van der Waals surface area contributed by atoms with Crippen LogP contribution >= 0.6 is 57.5 Å². The van der Waals surface area contributed by atoms with Crippen LogP contribution in [0.5, 0.6) is 0 Å². The minimum atomic E-state index is -0.258. The van der Waals surface area contributed by atoms with Gasteiger partial charge in [0.25, 0.3) is 11.1 Å². The third kappa shape index (κ3) is 3.45. The molecule has 0 bridgehead atoms. The van der Waals surface area contributed by atoms with Gasteiger partial charge in [-0.25, -0.2) is 4.40 Å². The molecule has 0 N–H and O–H groups in total. The first-order chi connectivity index (χ1) is 15.9. The lowest BCUT2D eigenvalue weighted by Gasteiger charge is -2.09. The molecular formula is C23H13Cl3N2O3S2. The van der Waals surface area contributed by atoms with Crippen molar-refractivity contribution >= 4 is 78.7 Å². The topological polar surface area (TPSA) is 64.6 Å². The zero-order valence-corrected chi connectivity index (χ0v) is 20.7. The van der Waals surface area contributed by atoms with Crippen molar-refractivity contribution in [1.82, 2.24) is 9.38 Å². The van der Waals surface area contributed by atoms with Gasteiger partial charge in [0.2, 0.25) is 4.96 Å². The molecule has 33 heavy (non-hydrogen) atoms. The zero-order valence-electron chi connectivity index (χ0n) is 16.8. The first kappa shape index (κ1) is 21.4. The third-order valence-electron chi connectivity index (χ3n) is 5.75. The highest BCUT2D eigenvalue weighted by Crippen LogP contribution is 2.36. The molecular weight excluding hydrogens is 523 g/mol. The molecule has 1 aliphatic rings. The second-order valence-corrected chi connectivity index (χ2v) is 11.1. The van der Waals surface area contributed by atoms with Gasteiger partial charge in [-0.05, 0) is 55.5 Å². The number of thiazole rings is 1. The molecule has 1 aromatic carbocycles. The van der Waals surface area contributed by atoms with E-state index in [2.05, 4.69) is 4.98 Å². The van der Waals surface area contributed by atoms with Crippen LogP contribution in [0.2, 0.25) is 15.1 Å². The molecule has 0 saturated heterocycles. The van der Waals surface area contributed by atoms with E-state index >= 15 is 0 Å². The van der Waals surface area contributed by atoms with Gasteiger partial charge in [-0.2, -0.15) is 4.98 Å². The number of hydrogen-bond acceptors (Lipinski definition) is 6. The van der Waals surface area contributed by atoms with Crippen LogP contribution in [-0.2, 0) is 12.8 Å². The summed E-state index contributed by atoms with van der Waals surface area (Å²) in [5.74, 6) is 0.972. The third-order valence-corrected chi connectivity index (χ3v) is 9.03. The molecule has 166 valence electrons. The molecule has 0 spiro atoms. The van der Waals surface area contributed by atoms with Crippen molar-refractivity contribution in [2.24, 2.45) is 0 Å². The van der Waals surface area contributed by atoms with Gasteiger partial charge in [0.1, 0.15) is 20.9 Å². The van der Waals surface area contributed by atoms with E-state index in [0.717, 1.165) is 31.2 Å². The lowest BCUT2D eigenvalue weighted by molar-refractivity contribution is 0.571. The van der Waals surface area contributed by atoms with E-state index in [9.17, 15) is 9.59 Å². The first-order valence-corrected chi connectivity index (χ1v) is 12.9. The summed E-state index contributed by atoms with van der Waals surface area (Å²) in [6, 6.07) is 6.69. The largest absolute Gasteiger partial charge is 0.457 e. The Morgan fingerprint density at radius 3 is 2.64 bits per heavy atom. The SMILES string of the molecule is O=c1nc2sc(=Cc3ccc(-c4cc(Cl)c(Cl)cc4Cl)o3)c(=O)n2c2sc3c(c12)CCCC3. The van der Waals surface area contributed by atoms with Crippen molar-refractivity contribution in [3.63, 3.8) is 0 Å². The molecule has 0 atom stereocenters. The number of halogens is 3. The maximum Gasteiger partial charge on any atom is 0.282 e. The average molecular weight is 536 g/mol. The van der Waals surface area contributed by atoms with Gasteiger partial charge < -0.3 is 4.42 Å². The van der Waals surface area contributed by atoms with Gasteiger partial charge in [-0.3, -0.25) is 9.59 Å². The van der Waals surface area contributed by atoms with Gasteiger partial charge >= 0.3 is 0 Å². The lowest BCUT2D eigenvalue weighted by atomic mass is 9.97. The molecule has 0 unspecified atom stereocenters. The second kappa shape index (κ2) is 7.96. The van der Waals surface area contributed by atoms with Crippen molar-refractivity contribution in [1.29, 1.82) is 0 Å². The molecule has 5 aromatic rings. The number of benzene rings is 1. The predicted octanol–water partition coefficient (Wildman–Crippen LogP) is 5.98. The van der Waals surface area contributed by atoms with Crippen molar-refractivity contribution in [3.8, 4) is 11.3 Å². The standard InChI is InChI=1S/C23H13Cl3N2O3S2/c24-13-9-15(26)14(25)8-12(13)16-6-5-10(31-16)7-18-21(30)28-22-19(20(29)27-23(28)33-18)11-3-1-2-4-17(11)32-22/h5-9H,1-4H2. The van der Waals surface area contributed by atoms with Crippen LogP contribution in [0.1, 0.15) is 29.0 Å². The number of furan rings is 1. The Kier molecular flexibility index (Phi) is 5.16. The summed E-state index contributed by atoms with van der Waals surface area (Å²) in [6.45, 7) is 0. The molecule has 5 nitrogen and oxygen atoms in total. The van der Waals surface area contributed by atoms with Crippen molar-refractivity contribution in [2.45, 2.75) is 25.7 Å². The summed E-state index contributed by atoms with van der Waals surface area (Å²) in [7, 11) is 0. The van der Waals surface area contributed by atoms with Crippen LogP contribution in [0.15, 0.2) is 38.3 Å². The minimum Gasteiger partial charge on any atom is -0.457 e. The first-order valence-electron chi connectivity index (χ1n) is 10.2. The maximum absolute atomic E-state index is 13.3. The number of nitrogens with zero attached hydrogens (tertiary/aromatic N) is 2. The highest BCUT2D eigenvalue weighted by atomic mass is 35.5. The van der Waals surface area contributed by atoms with Crippen molar-refractivity contribution in [2.75, 3.05) is 0 Å². The van der Waals surface area contributed by atoms with Crippen LogP contribution in [0.25, 0.3) is 32.6 Å². The molecule has 10 heteroatoms. The summed E-state index contributed by atoms with van der Waals surface area (Å²) < 4.78 is 7.91. The predicted molar refractivity (Wildman–Crippen MR) is 136 cm³/mol. The second-order valence-electron chi connectivity index (χ2n) is 7.79. The van der Waals surface area contributed by atoms with Gasteiger partial charge in [0, 0.05) is 16.5 Å². The van der Waals surface area contributed by atoms with Gasteiger partial charge in [0.15, 0.2) is 0 Å². The number of thiophene rings is 1. The molecule has 0 aliphatic heterocycles. The highest BCUT2D eigenvalue weighted by Gasteiger charge is 2.22. The summed E-state index contributed by atoms with van der Waals surface area (Å²) in [5.41, 5.74) is 1.20. The number of aromatic nitrogens is 2. The smallest absolute Gasteiger partial charge is 0.282 e. The average Bonchev–Trinajstić information content (AvgIpc) is 3.47. The van der Waals surface area contributed by atoms with E-state index in [1.54, 1.807) is 34.7 Å². The number of aryl methyl sites for hydroxylation is 2. The van der Waals surface area contributed by atoms with E-state index in [-0.39, 0.29) is 11.1 Å². The van der Waals surface area contributed by atoms with Crippen LogP contribution < -0.4 is 15.7 Å². The summed E-state index contributed by atoms with van der Waals surface area (Å²) >= 11 is 21.1. The molecule has 4 heterocycles. The molecule has 1 aliphatic carbocycles. The van der Waals surface area contributed by atoms with E-state index in [0.29, 0.717) is 51.9 Å². The molecule has 0 fully saturated rings. The fraction of sp³-hybridized carbons (Fsp3) is 0.174. The molecule has 6 rings (SSSR count). The monoisotopic (exact) mass is 534 g/mol. The molecule has 0 radical (unpaired) electrons. The summed E-state index contributed by atoms with van der Waals surface area (Å²) in [6.07, 6.45) is 5.62. The molecule has 0 amide bonds. The maximum atomic E-state index is 13.3. The molecule has 4 aromatic heterocycles. The van der Waals surface area contributed by atoms with E-state index in [4.69, 9.17) is 39.2 Å². The van der Waals surface area contributed by atoms with Crippen molar-refractivity contribution in [3.05, 3.63) is 80.8 Å². The Morgan fingerprint density at radius 2 is 1.79 bits per heavy atom. The van der Waals surface area contributed by atoms with E-state index in [1.165, 1.54) is 27.6 Å². The fourth-order valence-electron chi connectivity index (χ4n) is 4.22. The van der Waals surface area contributed by atoms with Gasteiger partial charge in [-0.15, -0.1) is 11.3 Å². The van der Waals surface area contributed by atoms with Crippen LogP contribution in [-0.4, -0.2) is 9.38 Å². The Morgan fingerprint density at radius 1 is 1.00 bits per heavy atom. The van der Waals surface area contributed by atoms with Crippen LogP contribution in [0.3, 0.4) is 0 Å². The van der Waals surface area contributed by atoms with Gasteiger partial charge in [-0.1, -0.05) is 46.1 Å². The Balaban J connectivity index is 1.51. The summed E-state index contributed by atoms with van der Waals surface area (Å²) in [5, 5.41) is 1.73. The zero-order chi connectivity index (χ0) is 22.9. The summed E-state index contributed by atoms with van der Waals surface area (Å²) in [4.78, 5) is 32.6. The number of fused-ring (bicyclic) bond motifs is 5.